The van der Waals surface area contributed by atoms with Gasteiger partial charge in [-0.3, -0.25) is 9.78 Å². The summed E-state index contributed by atoms with van der Waals surface area (Å²) in [6.45, 7) is 5.18. The zero-order valence-electron chi connectivity index (χ0n) is 8.10. The Morgan fingerprint density at radius 1 is 1.71 bits per heavy atom. The Hall–Kier alpha value is -1.64. The van der Waals surface area contributed by atoms with Crippen LogP contribution in [0.25, 0.3) is 0 Å². The molecule has 0 radical (unpaired) electrons. The topological polar surface area (TPSA) is 50.2 Å². The summed E-state index contributed by atoms with van der Waals surface area (Å²) in [5.74, 6) is -0.877. The van der Waals surface area contributed by atoms with E-state index in [0.29, 0.717) is 6.42 Å². The van der Waals surface area contributed by atoms with Gasteiger partial charge in [-0.25, -0.2) is 0 Å². The fourth-order valence-electron chi connectivity index (χ4n) is 1.11. The van der Waals surface area contributed by atoms with Crippen molar-refractivity contribution in [3.05, 3.63) is 42.7 Å². The Kier molecular flexibility index (Phi) is 3.02. The quantitative estimate of drug-likeness (QED) is 0.739. The van der Waals surface area contributed by atoms with Crippen molar-refractivity contribution in [2.45, 2.75) is 13.3 Å². The van der Waals surface area contributed by atoms with Crippen molar-refractivity contribution in [1.82, 2.24) is 4.98 Å². The van der Waals surface area contributed by atoms with Crippen LogP contribution in [0.5, 0.6) is 0 Å². The van der Waals surface area contributed by atoms with E-state index in [0.717, 1.165) is 5.69 Å². The molecular weight excluding hydrogens is 178 g/mol. The van der Waals surface area contributed by atoms with E-state index < -0.39 is 11.4 Å². The van der Waals surface area contributed by atoms with Gasteiger partial charge in [0.15, 0.2) is 0 Å². The van der Waals surface area contributed by atoms with Crippen LogP contribution in [0, 0.1) is 5.41 Å². The van der Waals surface area contributed by atoms with Gasteiger partial charge in [-0.1, -0.05) is 12.1 Å². The summed E-state index contributed by atoms with van der Waals surface area (Å²) in [5.41, 5.74) is -0.175. The zero-order chi connectivity index (χ0) is 10.6. The molecular formula is C11H13NO2. The lowest BCUT2D eigenvalue weighted by atomic mass is 9.85. The standard InChI is InChI=1S/C11H13NO2/c1-3-11(2,10(13)14)8-9-6-4-5-7-12-9/h3-7H,1,8H2,2H3,(H,13,14). The van der Waals surface area contributed by atoms with Gasteiger partial charge in [0, 0.05) is 18.3 Å². The number of nitrogens with zero attached hydrogens (tertiary/aromatic N) is 1. The third-order valence-corrected chi connectivity index (χ3v) is 2.21. The number of hydrogen-bond acceptors (Lipinski definition) is 2. The summed E-state index contributed by atoms with van der Waals surface area (Å²) >= 11 is 0. The molecule has 1 heterocycles. The maximum Gasteiger partial charge on any atom is 0.313 e. The van der Waals surface area contributed by atoms with Gasteiger partial charge in [-0.2, -0.15) is 0 Å². The molecule has 0 fully saturated rings. The molecule has 1 atom stereocenters. The highest BCUT2D eigenvalue weighted by atomic mass is 16.4. The van der Waals surface area contributed by atoms with E-state index in [9.17, 15) is 4.79 Å². The maximum atomic E-state index is 11.0. The SMILES string of the molecule is C=CC(C)(Cc1ccccn1)C(=O)O. The lowest BCUT2D eigenvalue weighted by Crippen LogP contribution is -2.27. The fraction of sp³-hybridized carbons (Fsp3) is 0.273. The summed E-state index contributed by atoms with van der Waals surface area (Å²) in [6, 6.07) is 5.45. The Labute approximate surface area is 83.1 Å². The van der Waals surface area contributed by atoms with E-state index in [2.05, 4.69) is 11.6 Å². The van der Waals surface area contributed by atoms with Crippen LogP contribution < -0.4 is 0 Å². The molecule has 1 aromatic heterocycles. The number of hydrogen-bond donors (Lipinski definition) is 1. The molecule has 0 aliphatic carbocycles. The number of carboxylic acid groups (broad SMARTS) is 1. The highest BCUT2D eigenvalue weighted by Crippen LogP contribution is 2.22. The Morgan fingerprint density at radius 3 is 2.86 bits per heavy atom. The number of aromatic nitrogens is 1. The molecule has 0 saturated carbocycles. The summed E-state index contributed by atoms with van der Waals surface area (Å²) in [4.78, 5) is 15.0. The van der Waals surface area contributed by atoms with Gasteiger partial charge < -0.3 is 5.11 Å². The molecule has 0 bridgehead atoms. The van der Waals surface area contributed by atoms with Gasteiger partial charge in [-0.15, -0.1) is 6.58 Å². The fourth-order valence-corrected chi connectivity index (χ4v) is 1.11. The Bertz CT molecular complexity index is 334. The van der Waals surface area contributed by atoms with Crippen molar-refractivity contribution in [3.63, 3.8) is 0 Å². The van der Waals surface area contributed by atoms with E-state index in [4.69, 9.17) is 5.11 Å². The minimum Gasteiger partial charge on any atom is -0.481 e. The van der Waals surface area contributed by atoms with Crippen molar-refractivity contribution in [2.75, 3.05) is 0 Å². The largest absolute Gasteiger partial charge is 0.481 e. The van der Waals surface area contributed by atoms with Crippen LogP contribution in [0.1, 0.15) is 12.6 Å². The van der Waals surface area contributed by atoms with Gasteiger partial charge in [0.1, 0.15) is 0 Å². The molecule has 3 heteroatoms. The van der Waals surface area contributed by atoms with E-state index in [-0.39, 0.29) is 0 Å². The molecule has 0 aliphatic rings. The Morgan fingerprint density at radius 2 is 2.43 bits per heavy atom. The summed E-state index contributed by atoms with van der Waals surface area (Å²) in [7, 11) is 0. The number of rotatable bonds is 4. The number of carboxylic acids is 1. The average molecular weight is 191 g/mol. The zero-order valence-corrected chi connectivity index (χ0v) is 8.10. The third-order valence-electron chi connectivity index (χ3n) is 2.21. The first-order chi connectivity index (χ1) is 6.58. The second-order valence-electron chi connectivity index (χ2n) is 3.42. The van der Waals surface area contributed by atoms with Crippen LogP contribution in [0.4, 0.5) is 0 Å². The van der Waals surface area contributed by atoms with Gasteiger partial charge >= 0.3 is 5.97 Å². The first-order valence-electron chi connectivity index (χ1n) is 4.35. The number of carbonyl (C=O) groups is 1. The van der Waals surface area contributed by atoms with Crippen LogP contribution in [0.3, 0.4) is 0 Å². The predicted octanol–water partition coefficient (Wildman–Crippen LogP) is 1.90. The summed E-state index contributed by atoms with van der Waals surface area (Å²) in [6.07, 6.45) is 3.47. The van der Waals surface area contributed by atoms with Crippen molar-refractivity contribution in [1.29, 1.82) is 0 Å². The van der Waals surface area contributed by atoms with Gasteiger partial charge in [0.05, 0.1) is 5.41 Å². The van der Waals surface area contributed by atoms with Crippen LogP contribution in [0.15, 0.2) is 37.1 Å². The molecule has 1 N–H and O–H groups in total. The summed E-state index contributed by atoms with van der Waals surface area (Å²) in [5, 5.41) is 8.99. The smallest absolute Gasteiger partial charge is 0.313 e. The van der Waals surface area contributed by atoms with Crippen LogP contribution in [-0.4, -0.2) is 16.1 Å². The minimum absolute atomic E-state index is 0.368. The molecule has 0 aliphatic heterocycles. The molecule has 1 unspecified atom stereocenters. The van der Waals surface area contributed by atoms with E-state index >= 15 is 0 Å². The molecule has 1 rings (SSSR count). The molecule has 0 aromatic carbocycles. The van der Waals surface area contributed by atoms with E-state index in [1.165, 1.54) is 6.08 Å². The third kappa shape index (κ3) is 2.19. The van der Waals surface area contributed by atoms with Crippen LogP contribution in [0.2, 0.25) is 0 Å². The molecule has 0 amide bonds. The number of pyridine rings is 1. The Balaban J connectivity index is 2.86. The lowest BCUT2D eigenvalue weighted by molar-refractivity contribution is -0.145. The monoisotopic (exact) mass is 191 g/mol. The molecule has 14 heavy (non-hydrogen) atoms. The molecule has 0 saturated heterocycles. The first kappa shape index (κ1) is 10.4. The van der Waals surface area contributed by atoms with Crippen molar-refractivity contribution in [3.8, 4) is 0 Å². The normalized spacial score (nSPS) is 14.4. The first-order valence-corrected chi connectivity index (χ1v) is 4.35. The van der Waals surface area contributed by atoms with Crippen LogP contribution >= 0.6 is 0 Å². The van der Waals surface area contributed by atoms with Gasteiger partial charge in [0.25, 0.3) is 0 Å². The number of aliphatic carboxylic acids is 1. The summed E-state index contributed by atoms with van der Waals surface area (Å²) < 4.78 is 0. The van der Waals surface area contributed by atoms with Crippen molar-refractivity contribution >= 4 is 5.97 Å². The average Bonchev–Trinajstić information content (AvgIpc) is 2.19. The molecule has 0 spiro atoms. The molecule has 74 valence electrons. The van der Waals surface area contributed by atoms with Gasteiger partial charge in [0.2, 0.25) is 0 Å². The van der Waals surface area contributed by atoms with Gasteiger partial charge in [-0.05, 0) is 19.1 Å². The van der Waals surface area contributed by atoms with Crippen molar-refractivity contribution < 1.29 is 9.90 Å². The highest BCUT2D eigenvalue weighted by molar-refractivity contribution is 5.76. The van der Waals surface area contributed by atoms with E-state index in [1.54, 1.807) is 19.2 Å². The maximum absolute atomic E-state index is 11.0. The lowest BCUT2D eigenvalue weighted by Gasteiger charge is -2.19. The molecule has 3 nitrogen and oxygen atoms in total. The second-order valence-corrected chi connectivity index (χ2v) is 3.42. The van der Waals surface area contributed by atoms with Crippen LogP contribution in [-0.2, 0) is 11.2 Å². The second kappa shape index (κ2) is 4.05. The van der Waals surface area contributed by atoms with Crippen molar-refractivity contribution in [2.24, 2.45) is 5.41 Å². The minimum atomic E-state index is -0.936. The predicted molar refractivity (Wildman–Crippen MR) is 53.9 cm³/mol. The highest BCUT2D eigenvalue weighted by Gasteiger charge is 2.29. The molecule has 1 aromatic rings. The van der Waals surface area contributed by atoms with E-state index in [1.807, 2.05) is 12.1 Å².